The number of carbonyl (C=O) groups excluding carboxylic acids is 2. The third-order valence-electron chi connectivity index (χ3n) is 6.76. The molecule has 6 heterocycles. The molecule has 2 amide bonds. The van der Waals surface area contributed by atoms with E-state index in [4.69, 9.17) is 5.73 Å². The Bertz CT molecular complexity index is 1480. The molecule has 15 nitrogen and oxygen atoms in total. The van der Waals surface area contributed by atoms with Crippen LogP contribution in [0.1, 0.15) is 12.2 Å². The molecule has 38 heavy (non-hydrogen) atoms. The zero-order valence-electron chi connectivity index (χ0n) is 19.0. The van der Waals surface area contributed by atoms with Crippen LogP contribution in [0.15, 0.2) is 21.1 Å². The van der Waals surface area contributed by atoms with Gasteiger partial charge >= 0.3 is 5.97 Å². The van der Waals surface area contributed by atoms with Gasteiger partial charge in [-0.05, 0) is 12.0 Å². The van der Waals surface area contributed by atoms with Crippen LogP contribution in [0, 0.1) is 0 Å². The van der Waals surface area contributed by atoms with E-state index in [1.165, 1.54) is 40.4 Å². The van der Waals surface area contributed by atoms with Crippen molar-refractivity contribution in [2.45, 2.75) is 39.4 Å². The molecule has 0 aromatic carbocycles. The molecule has 4 aliphatic heterocycles. The third-order valence-corrected chi connectivity index (χ3v) is 12.8. The Hall–Kier alpha value is -2.36. The molecule has 4 atom stereocenters. The van der Waals surface area contributed by atoms with Crippen LogP contribution in [0.25, 0.3) is 0 Å². The summed E-state index contributed by atoms with van der Waals surface area (Å²) in [5.41, 5.74) is 5.54. The van der Waals surface area contributed by atoms with Crippen LogP contribution in [-0.2, 0) is 30.6 Å². The van der Waals surface area contributed by atoms with E-state index >= 15 is 0 Å². The largest absolute Gasteiger partial charge is 0.477 e. The molecule has 202 valence electrons. The van der Waals surface area contributed by atoms with Gasteiger partial charge in [-0.1, -0.05) is 28.3 Å². The minimum absolute atomic E-state index is 0.0568. The van der Waals surface area contributed by atoms with Crippen molar-refractivity contribution in [3.63, 3.8) is 0 Å². The Morgan fingerprint density at radius 1 is 1.34 bits per heavy atom. The molecule has 20 heteroatoms. The minimum Gasteiger partial charge on any atom is -0.477 e. The molecule has 3 unspecified atom stereocenters. The second-order valence-electron chi connectivity index (χ2n) is 8.93. The number of aromatic nitrogens is 4. The van der Waals surface area contributed by atoms with E-state index in [9.17, 15) is 33.1 Å². The van der Waals surface area contributed by atoms with Gasteiger partial charge in [-0.2, -0.15) is 4.37 Å². The Kier molecular flexibility index (Phi) is 6.20. The summed E-state index contributed by atoms with van der Waals surface area (Å²) in [7, 11) is -3.67. The smallest absolute Gasteiger partial charge is 0.352 e. The number of hydrazine groups is 1. The van der Waals surface area contributed by atoms with Crippen LogP contribution in [0.4, 0.5) is 5.13 Å². The third kappa shape index (κ3) is 3.92. The molecular weight excluding hydrogens is 601 g/mol. The lowest BCUT2D eigenvalue weighted by Crippen LogP contribution is -2.73. The van der Waals surface area contributed by atoms with Crippen molar-refractivity contribution >= 4 is 79.1 Å². The Balaban J connectivity index is 1.47. The number of β-lactam (4-membered cyclic amide) rings is 1. The molecule has 2 aromatic heterocycles. The first-order valence-electron chi connectivity index (χ1n) is 11.0. The summed E-state index contributed by atoms with van der Waals surface area (Å²) in [5.74, 6) is -3.48. The molecule has 6 rings (SSSR count). The van der Waals surface area contributed by atoms with Crippen LogP contribution in [0.2, 0.25) is 0 Å². The van der Waals surface area contributed by atoms with E-state index in [1.54, 1.807) is 0 Å². The van der Waals surface area contributed by atoms with Crippen LogP contribution >= 0.6 is 46.4 Å². The highest BCUT2D eigenvalue weighted by atomic mass is 32.2. The van der Waals surface area contributed by atoms with Gasteiger partial charge in [0.2, 0.25) is 5.91 Å². The molecule has 2 bridgehead atoms. The molecule has 0 radical (unpaired) electrons. The van der Waals surface area contributed by atoms with Gasteiger partial charge in [0, 0.05) is 17.3 Å². The van der Waals surface area contributed by atoms with E-state index < -0.39 is 62.0 Å². The summed E-state index contributed by atoms with van der Waals surface area (Å²) >= 11 is 4.50. The lowest BCUT2D eigenvalue weighted by atomic mass is 9.88. The number of carboxylic acids is 1. The normalized spacial score (nSPS) is 30.0. The lowest BCUT2D eigenvalue weighted by Gasteiger charge is -2.51. The fraction of sp³-hybridized carbons (Fsp3) is 0.500. The number of amides is 2. The zero-order valence-corrected chi connectivity index (χ0v) is 23.1. The maximum absolute atomic E-state index is 13.5. The number of fused-ring (bicyclic) bond motifs is 2. The van der Waals surface area contributed by atoms with Crippen molar-refractivity contribution in [1.29, 1.82) is 0 Å². The SMILES string of the molecule is Nc1nc(CC(=O)N2C3C(=O)N4C(C(=O)O)=C(CSc5nncs5)C(S[C@@H]34)C3(CCS(=O)(=O)C3)N2O)ns1. The number of hydrogen-bond donors (Lipinski definition) is 3. The Morgan fingerprint density at radius 3 is 2.74 bits per heavy atom. The Labute approximate surface area is 231 Å². The van der Waals surface area contributed by atoms with Gasteiger partial charge in [-0.3, -0.25) is 19.7 Å². The van der Waals surface area contributed by atoms with Gasteiger partial charge in [-0.15, -0.1) is 22.0 Å². The van der Waals surface area contributed by atoms with Crippen LogP contribution < -0.4 is 5.73 Å². The maximum atomic E-state index is 13.5. The molecular formula is C18H18N8O7S5. The quantitative estimate of drug-likeness (QED) is 0.270. The summed E-state index contributed by atoms with van der Waals surface area (Å²) < 4.78 is 30.1. The zero-order chi connectivity index (χ0) is 27.0. The first kappa shape index (κ1) is 25.9. The molecule has 3 saturated heterocycles. The second-order valence-corrected chi connectivity index (χ2v) is 15.2. The van der Waals surface area contributed by atoms with Crippen molar-refractivity contribution in [1.82, 2.24) is 34.6 Å². The van der Waals surface area contributed by atoms with Crippen LogP contribution in [0.5, 0.6) is 0 Å². The van der Waals surface area contributed by atoms with E-state index in [2.05, 4.69) is 19.6 Å². The van der Waals surface area contributed by atoms with E-state index in [0.29, 0.717) is 9.51 Å². The fourth-order valence-corrected chi connectivity index (χ4v) is 11.3. The topological polar surface area (TPSA) is 213 Å². The highest BCUT2D eigenvalue weighted by molar-refractivity contribution is 8.02. The number of carbonyl (C=O) groups is 3. The first-order chi connectivity index (χ1) is 18.0. The van der Waals surface area contributed by atoms with E-state index in [1.807, 2.05) is 0 Å². The van der Waals surface area contributed by atoms with Gasteiger partial charge in [0.25, 0.3) is 5.91 Å². The molecule has 2 aromatic rings. The number of rotatable bonds is 6. The van der Waals surface area contributed by atoms with Gasteiger partial charge in [-0.25, -0.2) is 23.2 Å². The first-order valence-corrected chi connectivity index (χ1v) is 16.4. The highest BCUT2D eigenvalue weighted by Gasteiger charge is 2.69. The van der Waals surface area contributed by atoms with Gasteiger partial charge in [0.05, 0.1) is 28.7 Å². The summed E-state index contributed by atoms with van der Waals surface area (Å²) in [6.07, 6.45) is -0.485. The average molecular weight is 619 g/mol. The van der Waals surface area contributed by atoms with Gasteiger partial charge in [0.15, 0.2) is 31.2 Å². The lowest BCUT2D eigenvalue weighted by molar-refractivity contribution is -0.299. The highest BCUT2D eigenvalue weighted by Crippen LogP contribution is 2.56. The van der Waals surface area contributed by atoms with Crippen molar-refractivity contribution in [2.75, 3.05) is 23.0 Å². The summed E-state index contributed by atoms with van der Waals surface area (Å²) in [6.45, 7) is 0. The minimum atomic E-state index is -3.67. The number of nitrogen functional groups attached to an aromatic ring is 1. The number of thioether (sulfide) groups is 2. The van der Waals surface area contributed by atoms with Crippen LogP contribution in [-0.4, -0.2) is 111 Å². The van der Waals surface area contributed by atoms with Crippen LogP contribution in [0.3, 0.4) is 0 Å². The van der Waals surface area contributed by atoms with Gasteiger partial charge in [0.1, 0.15) is 16.6 Å². The van der Waals surface area contributed by atoms with E-state index in [0.717, 1.165) is 21.4 Å². The van der Waals surface area contributed by atoms with Crippen molar-refractivity contribution in [3.05, 3.63) is 22.6 Å². The number of nitrogens with zero attached hydrogens (tertiary/aromatic N) is 7. The number of hydrogen-bond acceptors (Lipinski definition) is 16. The number of carboxylic acid groups (broad SMARTS) is 1. The molecule has 4 N–H and O–H groups in total. The number of sulfone groups is 1. The predicted octanol–water partition coefficient (Wildman–Crippen LogP) is -0.697. The fourth-order valence-electron chi connectivity index (χ4n) is 5.22. The molecule has 1 spiro atoms. The maximum Gasteiger partial charge on any atom is 0.352 e. The standard InChI is InChI=1S/C18H18N8O7S5/c19-16-21-8(23-37-16)3-9(27)25-11-13(28)24-10(15(29)30)7(4-34-17-22-20-6-35-17)12(36-14(11)24)18(26(25)31)1-2-38(32,33)5-18/h6,11-12,14,31H,1-5H2,(H,29,30)(H2,19,21,23)/t11?,12?,14-,18?/m0/s1. The molecule has 4 aliphatic rings. The molecule has 0 aliphatic carbocycles. The van der Waals surface area contributed by atoms with Crippen molar-refractivity contribution in [3.8, 4) is 0 Å². The predicted molar refractivity (Wildman–Crippen MR) is 136 cm³/mol. The summed E-state index contributed by atoms with van der Waals surface area (Å²) in [5, 5.41) is 29.5. The Morgan fingerprint density at radius 2 is 2.13 bits per heavy atom. The van der Waals surface area contributed by atoms with Crippen molar-refractivity contribution < 1.29 is 33.1 Å². The molecule has 0 saturated carbocycles. The number of hydroxylamine groups is 1. The second kappa shape index (κ2) is 9.10. The summed E-state index contributed by atoms with van der Waals surface area (Å²) in [6, 6.07) is -1.25. The molecule has 3 fully saturated rings. The number of aliphatic carboxylic acids is 1. The number of nitrogens with two attached hydrogens (primary N) is 1. The van der Waals surface area contributed by atoms with Crippen molar-refractivity contribution in [2.24, 2.45) is 0 Å². The van der Waals surface area contributed by atoms with E-state index in [-0.39, 0.29) is 40.2 Å². The average Bonchev–Trinajstić information content (AvgIpc) is 3.59. The summed E-state index contributed by atoms with van der Waals surface area (Å²) in [4.78, 5) is 44.6. The van der Waals surface area contributed by atoms with Gasteiger partial charge < -0.3 is 10.8 Å². The monoisotopic (exact) mass is 618 g/mol. The number of anilines is 1.